The predicted molar refractivity (Wildman–Crippen MR) is 105 cm³/mol. The summed E-state index contributed by atoms with van der Waals surface area (Å²) in [5, 5.41) is 5.59. The molecule has 1 amide bonds. The maximum absolute atomic E-state index is 12.9. The van der Waals surface area contributed by atoms with Crippen LogP contribution in [0, 0.1) is 17.8 Å². The highest BCUT2D eigenvalue weighted by atomic mass is 16.1. The van der Waals surface area contributed by atoms with Crippen LogP contribution in [0.15, 0.2) is 42.5 Å². The van der Waals surface area contributed by atoms with Crippen molar-refractivity contribution in [3.05, 3.63) is 48.0 Å². The lowest BCUT2D eigenvalue weighted by atomic mass is 9.65. The van der Waals surface area contributed by atoms with Gasteiger partial charge in [-0.1, -0.05) is 42.8 Å². The van der Waals surface area contributed by atoms with Crippen molar-refractivity contribution in [2.45, 2.75) is 44.2 Å². The summed E-state index contributed by atoms with van der Waals surface area (Å²) in [4.78, 5) is 12.9. The molecule has 2 bridgehead atoms. The SMILES string of the molecule is NCC(NC(=O)C1CC2CCCC(C1)C2N)c1ccc2ccccc2c1. The van der Waals surface area contributed by atoms with Crippen LogP contribution in [0.25, 0.3) is 10.8 Å². The smallest absolute Gasteiger partial charge is 0.223 e. The number of hydrogen-bond acceptors (Lipinski definition) is 3. The molecule has 2 saturated carbocycles. The van der Waals surface area contributed by atoms with E-state index in [0.717, 1.165) is 18.4 Å². The van der Waals surface area contributed by atoms with Gasteiger partial charge in [0.05, 0.1) is 6.04 Å². The van der Waals surface area contributed by atoms with Gasteiger partial charge in [-0.3, -0.25) is 4.79 Å². The summed E-state index contributed by atoms with van der Waals surface area (Å²) in [6.45, 7) is 0.406. The topological polar surface area (TPSA) is 81.1 Å². The molecule has 3 unspecified atom stereocenters. The second kappa shape index (κ2) is 7.37. The molecule has 0 spiro atoms. The van der Waals surface area contributed by atoms with Gasteiger partial charge >= 0.3 is 0 Å². The van der Waals surface area contributed by atoms with Crippen molar-refractivity contribution in [2.24, 2.45) is 29.2 Å². The third-order valence-electron chi connectivity index (χ3n) is 6.51. The highest BCUT2D eigenvalue weighted by molar-refractivity contribution is 5.84. The predicted octanol–water partition coefficient (Wildman–Crippen LogP) is 3.11. The summed E-state index contributed by atoms with van der Waals surface area (Å²) in [7, 11) is 0. The molecule has 2 aromatic carbocycles. The molecule has 2 aliphatic carbocycles. The van der Waals surface area contributed by atoms with Crippen LogP contribution in [0.5, 0.6) is 0 Å². The first-order valence-corrected chi connectivity index (χ1v) is 9.90. The molecule has 0 saturated heterocycles. The van der Waals surface area contributed by atoms with Crippen LogP contribution < -0.4 is 16.8 Å². The molecule has 2 aliphatic rings. The second-order valence-electron chi connectivity index (χ2n) is 8.10. The van der Waals surface area contributed by atoms with Crippen LogP contribution in [0.3, 0.4) is 0 Å². The van der Waals surface area contributed by atoms with E-state index < -0.39 is 0 Å². The average Bonchev–Trinajstić information content (AvgIpc) is 2.65. The minimum Gasteiger partial charge on any atom is -0.348 e. The molecule has 3 atom stereocenters. The first-order valence-electron chi connectivity index (χ1n) is 9.90. The van der Waals surface area contributed by atoms with Gasteiger partial charge in [0.25, 0.3) is 0 Å². The van der Waals surface area contributed by atoms with Crippen molar-refractivity contribution in [3.8, 4) is 0 Å². The summed E-state index contributed by atoms with van der Waals surface area (Å²) < 4.78 is 0. The van der Waals surface area contributed by atoms with Gasteiger partial charge in [0, 0.05) is 18.5 Å². The zero-order chi connectivity index (χ0) is 18.1. The molecule has 2 aromatic rings. The van der Waals surface area contributed by atoms with Gasteiger partial charge in [0.1, 0.15) is 0 Å². The van der Waals surface area contributed by atoms with E-state index in [0.29, 0.717) is 24.4 Å². The fourth-order valence-electron chi connectivity index (χ4n) is 5.00. The fraction of sp³-hybridized carbons (Fsp3) is 0.500. The van der Waals surface area contributed by atoms with Crippen LogP contribution in [-0.4, -0.2) is 18.5 Å². The lowest BCUT2D eigenvalue weighted by Gasteiger charge is -2.43. The van der Waals surface area contributed by atoms with Gasteiger partial charge in [0.2, 0.25) is 5.91 Å². The van der Waals surface area contributed by atoms with E-state index in [4.69, 9.17) is 11.5 Å². The molecule has 138 valence electrons. The highest BCUT2D eigenvalue weighted by Crippen LogP contribution is 2.42. The molecule has 2 fully saturated rings. The largest absolute Gasteiger partial charge is 0.348 e. The number of nitrogens with two attached hydrogens (primary N) is 2. The number of nitrogens with one attached hydrogen (secondary N) is 1. The molecule has 0 heterocycles. The Morgan fingerprint density at radius 1 is 1.08 bits per heavy atom. The van der Waals surface area contributed by atoms with Crippen molar-refractivity contribution in [1.82, 2.24) is 5.32 Å². The first-order chi connectivity index (χ1) is 12.7. The normalized spacial score (nSPS) is 29.3. The van der Waals surface area contributed by atoms with E-state index in [1.165, 1.54) is 30.0 Å². The van der Waals surface area contributed by atoms with E-state index in [-0.39, 0.29) is 17.9 Å². The van der Waals surface area contributed by atoms with Gasteiger partial charge in [-0.15, -0.1) is 0 Å². The van der Waals surface area contributed by atoms with Crippen molar-refractivity contribution >= 4 is 16.7 Å². The number of amides is 1. The Kier molecular flexibility index (Phi) is 4.96. The van der Waals surface area contributed by atoms with Crippen LogP contribution >= 0.6 is 0 Å². The summed E-state index contributed by atoms with van der Waals surface area (Å²) >= 11 is 0. The molecule has 4 rings (SSSR count). The molecule has 0 radical (unpaired) electrons. The lowest BCUT2D eigenvalue weighted by Crippen LogP contribution is -2.49. The average molecular weight is 351 g/mol. The van der Waals surface area contributed by atoms with E-state index in [9.17, 15) is 4.79 Å². The fourth-order valence-corrected chi connectivity index (χ4v) is 5.00. The van der Waals surface area contributed by atoms with Gasteiger partial charge in [-0.25, -0.2) is 0 Å². The second-order valence-corrected chi connectivity index (χ2v) is 8.10. The number of fused-ring (bicyclic) bond motifs is 3. The third-order valence-corrected chi connectivity index (χ3v) is 6.51. The number of hydrogen-bond donors (Lipinski definition) is 3. The standard InChI is InChI=1S/C22H29N3O/c23-13-20(16-9-8-14-4-1-2-5-15(14)10-16)25-22(26)19-11-17-6-3-7-18(12-19)21(17)24/h1-2,4-5,8-10,17-21H,3,6-7,11-13,23-24H2,(H,25,26). The molecule has 4 nitrogen and oxygen atoms in total. The number of carbonyl (C=O) groups is 1. The lowest BCUT2D eigenvalue weighted by molar-refractivity contribution is -0.128. The van der Waals surface area contributed by atoms with Crippen LogP contribution in [0.1, 0.15) is 43.7 Å². The highest BCUT2D eigenvalue weighted by Gasteiger charge is 2.40. The van der Waals surface area contributed by atoms with E-state index >= 15 is 0 Å². The Balaban J connectivity index is 1.48. The Morgan fingerprint density at radius 3 is 2.46 bits per heavy atom. The Bertz CT molecular complexity index is 776. The first kappa shape index (κ1) is 17.5. The van der Waals surface area contributed by atoms with Crippen molar-refractivity contribution < 1.29 is 4.79 Å². The van der Waals surface area contributed by atoms with Gasteiger partial charge < -0.3 is 16.8 Å². The molecule has 5 N–H and O–H groups in total. The minimum absolute atomic E-state index is 0.0830. The Morgan fingerprint density at radius 2 is 1.77 bits per heavy atom. The third kappa shape index (κ3) is 3.36. The molecular weight excluding hydrogens is 322 g/mol. The van der Waals surface area contributed by atoms with E-state index in [1.54, 1.807) is 0 Å². The minimum atomic E-state index is -0.137. The molecule has 26 heavy (non-hydrogen) atoms. The van der Waals surface area contributed by atoms with Crippen molar-refractivity contribution in [3.63, 3.8) is 0 Å². The summed E-state index contributed by atoms with van der Waals surface area (Å²) in [5.41, 5.74) is 13.4. The monoisotopic (exact) mass is 351 g/mol. The summed E-state index contributed by atoms with van der Waals surface area (Å²) in [5.74, 6) is 1.25. The Hall–Kier alpha value is -1.91. The summed E-state index contributed by atoms with van der Waals surface area (Å²) in [6, 6.07) is 14.7. The van der Waals surface area contributed by atoms with Crippen LogP contribution in [0.4, 0.5) is 0 Å². The molecule has 4 heteroatoms. The number of carbonyl (C=O) groups excluding carboxylic acids is 1. The zero-order valence-corrected chi connectivity index (χ0v) is 15.2. The van der Waals surface area contributed by atoms with Crippen LogP contribution in [-0.2, 0) is 4.79 Å². The quantitative estimate of drug-likeness (QED) is 0.792. The maximum Gasteiger partial charge on any atom is 0.223 e. The van der Waals surface area contributed by atoms with Gasteiger partial charge in [0.15, 0.2) is 0 Å². The van der Waals surface area contributed by atoms with Crippen molar-refractivity contribution in [2.75, 3.05) is 6.54 Å². The summed E-state index contributed by atoms with van der Waals surface area (Å²) in [6.07, 6.45) is 5.47. The number of benzene rings is 2. The zero-order valence-electron chi connectivity index (χ0n) is 15.2. The molecule has 0 aliphatic heterocycles. The van der Waals surface area contributed by atoms with Crippen molar-refractivity contribution in [1.29, 1.82) is 0 Å². The maximum atomic E-state index is 12.9. The molecular formula is C22H29N3O. The van der Waals surface area contributed by atoms with Gasteiger partial charge in [-0.2, -0.15) is 0 Å². The van der Waals surface area contributed by atoms with E-state index in [1.807, 2.05) is 12.1 Å². The molecule has 0 aromatic heterocycles. The van der Waals surface area contributed by atoms with Gasteiger partial charge in [-0.05, 0) is 59.9 Å². The van der Waals surface area contributed by atoms with E-state index in [2.05, 4.69) is 35.6 Å². The number of rotatable bonds is 4. The Labute approximate surface area is 155 Å². The van der Waals surface area contributed by atoms with Crippen LogP contribution in [0.2, 0.25) is 0 Å².